The summed E-state index contributed by atoms with van der Waals surface area (Å²) in [6, 6.07) is 8.35. The van der Waals surface area contributed by atoms with Gasteiger partial charge in [-0.05, 0) is 51.2 Å². The Balaban J connectivity index is 1.87. The van der Waals surface area contributed by atoms with E-state index in [1.165, 1.54) is 16.0 Å². The van der Waals surface area contributed by atoms with Gasteiger partial charge < -0.3 is 14.6 Å². The molecule has 1 saturated heterocycles. The van der Waals surface area contributed by atoms with Gasteiger partial charge in [0, 0.05) is 29.9 Å². The molecule has 1 heterocycles. The Labute approximate surface area is 146 Å². The molecule has 0 radical (unpaired) electrons. The average Bonchev–Trinajstić information content (AvgIpc) is 2.80. The number of nitrogens with one attached hydrogen (secondary N) is 1. The number of fused-ring (bicyclic) bond motifs is 1. The minimum Gasteiger partial charge on any atom is -0.598 e. The van der Waals surface area contributed by atoms with E-state index < -0.39 is 17.5 Å². The third-order valence-electron chi connectivity index (χ3n) is 5.33. The molecule has 1 aromatic rings. The highest BCUT2D eigenvalue weighted by molar-refractivity contribution is 7.90. The first kappa shape index (κ1) is 17.6. The molecule has 1 spiro atoms. The zero-order valence-corrected chi connectivity index (χ0v) is 15.4. The number of likely N-dealkylation sites (tertiary alicyclic amines) is 1. The molecule has 2 aliphatic rings. The van der Waals surface area contributed by atoms with Crippen LogP contribution in [0.2, 0.25) is 0 Å². The molecule has 24 heavy (non-hydrogen) atoms. The summed E-state index contributed by atoms with van der Waals surface area (Å²) in [6.45, 7) is 7.00. The Morgan fingerprint density at radius 1 is 1.33 bits per heavy atom. The second-order valence-electron chi connectivity index (χ2n) is 7.94. The molecule has 0 aromatic heterocycles. The van der Waals surface area contributed by atoms with Crippen LogP contribution in [0.5, 0.6) is 0 Å². The molecule has 1 amide bonds. The van der Waals surface area contributed by atoms with Crippen LogP contribution in [0.4, 0.5) is 4.79 Å². The Morgan fingerprint density at radius 2 is 1.96 bits per heavy atom. The minimum atomic E-state index is -1.16. The van der Waals surface area contributed by atoms with E-state index in [0.717, 1.165) is 19.3 Å². The van der Waals surface area contributed by atoms with Gasteiger partial charge in [-0.2, -0.15) is 0 Å². The highest BCUT2D eigenvalue weighted by Gasteiger charge is 2.50. The van der Waals surface area contributed by atoms with E-state index in [9.17, 15) is 14.5 Å². The van der Waals surface area contributed by atoms with E-state index in [1.54, 1.807) is 0 Å². The summed E-state index contributed by atoms with van der Waals surface area (Å²) < 4.78 is 15.8. The van der Waals surface area contributed by atoms with Crippen LogP contribution in [0, 0.1) is 5.41 Å². The Hall–Kier alpha value is -1.24. The molecule has 1 aliphatic carbocycles. The largest absolute Gasteiger partial charge is 0.598 e. The van der Waals surface area contributed by atoms with E-state index in [1.807, 2.05) is 32.9 Å². The van der Waals surface area contributed by atoms with Gasteiger partial charge in [0.15, 0.2) is 0 Å². The first-order chi connectivity index (χ1) is 11.2. The number of carbonyl (C=O) groups is 1. The van der Waals surface area contributed by atoms with Crippen molar-refractivity contribution in [2.75, 3.05) is 13.1 Å². The molecule has 3 rings (SSSR count). The fourth-order valence-electron chi connectivity index (χ4n) is 3.87. The molecular weight excluding hydrogens is 324 g/mol. The average molecular weight is 350 g/mol. The minimum absolute atomic E-state index is 0.0182. The zero-order valence-electron chi connectivity index (χ0n) is 14.5. The first-order valence-corrected chi connectivity index (χ1v) is 9.62. The van der Waals surface area contributed by atoms with Crippen molar-refractivity contribution in [2.45, 2.75) is 50.8 Å². The molecule has 5 nitrogen and oxygen atoms in total. The number of rotatable bonds is 2. The summed E-state index contributed by atoms with van der Waals surface area (Å²) in [5.41, 5.74) is 2.47. The molecule has 0 saturated carbocycles. The van der Waals surface area contributed by atoms with Crippen LogP contribution in [0.25, 0.3) is 0 Å². The van der Waals surface area contributed by atoms with Gasteiger partial charge >= 0.3 is 6.09 Å². The van der Waals surface area contributed by atoms with Crippen molar-refractivity contribution in [1.29, 1.82) is 0 Å². The SMILES string of the molecule is CC(C)(C)[S+]([O-])N[C@H]1c2ccccc2CC12CCN(C(=O)O)CC2. The lowest BCUT2D eigenvalue weighted by Crippen LogP contribution is -2.50. The summed E-state index contributed by atoms with van der Waals surface area (Å²) in [5, 5.41) is 9.22. The molecule has 6 heteroatoms. The van der Waals surface area contributed by atoms with E-state index >= 15 is 0 Å². The van der Waals surface area contributed by atoms with Gasteiger partial charge in [0.2, 0.25) is 0 Å². The van der Waals surface area contributed by atoms with Gasteiger partial charge in [-0.1, -0.05) is 24.3 Å². The third-order valence-corrected chi connectivity index (χ3v) is 6.89. The van der Waals surface area contributed by atoms with E-state index in [-0.39, 0.29) is 16.2 Å². The number of amides is 1. The quantitative estimate of drug-likeness (QED) is 0.804. The highest BCUT2D eigenvalue weighted by Crippen LogP contribution is 2.52. The number of nitrogens with zero attached hydrogens (tertiary/aromatic N) is 1. The van der Waals surface area contributed by atoms with Gasteiger partial charge in [0.25, 0.3) is 0 Å². The molecular formula is C18H26N2O3S. The summed E-state index contributed by atoms with van der Waals surface area (Å²) in [7, 11) is 0. The summed E-state index contributed by atoms with van der Waals surface area (Å²) in [5.74, 6) is 0. The van der Waals surface area contributed by atoms with Crippen LogP contribution in [-0.4, -0.2) is 38.5 Å². The lowest BCUT2D eigenvalue weighted by atomic mass is 9.73. The van der Waals surface area contributed by atoms with Crippen LogP contribution in [0.15, 0.2) is 24.3 Å². The topological polar surface area (TPSA) is 75.6 Å². The van der Waals surface area contributed by atoms with Crippen molar-refractivity contribution in [1.82, 2.24) is 9.62 Å². The number of benzene rings is 1. The number of hydrogen-bond donors (Lipinski definition) is 2. The Kier molecular flexibility index (Phi) is 4.57. The van der Waals surface area contributed by atoms with Gasteiger partial charge in [-0.15, -0.1) is 4.72 Å². The van der Waals surface area contributed by atoms with E-state index in [0.29, 0.717) is 13.1 Å². The van der Waals surface area contributed by atoms with Gasteiger partial charge in [-0.25, -0.2) is 4.79 Å². The maximum atomic E-state index is 12.7. The third kappa shape index (κ3) is 3.15. The lowest BCUT2D eigenvalue weighted by Gasteiger charge is -2.43. The van der Waals surface area contributed by atoms with Crippen LogP contribution in [0.3, 0.4) is 0 Å². The second kappa shape index (κ2) is 6.24. The fourth-order valence-corrected chi connectivity index (χ4v) is 4.81. The maximum Gasteiger partial charge on any atom is 0.407 e. The highest BCUT2D eigenvalue weighted by atomic mass is 32.2. The van der Waals surface area contributed by atoms with Crippen LogP contribution < -0.4 is 4.72 Å². The fraction of sp³-hybridized carbons (Fsp3) is 0.611. The normalized spacial score (nSPS) is 24.0. The molecule has 2 atom stereocenters. The van der Waals surface area contributed by atoms with E-state index in [4.69, 9.17) is 0 Å². The summed E-state index contributed by atoms with van der Waals surface area (Å²) in [4.78, 5) is 12.7. The molecule has 0 bridgehead atoms. The predicted molar refractivity (Wildman–Crippen MR) is 95.2 cm³/mol. The zero-order chi connectivity index (χ0) is 17.5. The predicted octanol–water partition coefficient (Wildman–Crippen LogP) is 3.10. The van der Waals surface area contributed by atoms with Crippen molar-refractivity contribution in [3.63, 3.8) is 0 Å². The van der Waals surface area contributed by atoms with Gasteiger partial charge in [-0.3, -0.25) is 0 Å². The van der Waals surface area contributed by atoms with Crippen molar-refractivity contribution in [3.05, 3.63) is 35.4 Å². The number of piperidine rings is 1. The number of carboxylic acid groups (broad SMARTS) is 1. The smallest absolute Gasteiger partial charge is 0.407 e. The first-order valence-electron chi connectivity index (χ1n) is 8.47. The molecule has 1 aromatic carbocycles. The van der Waals surface area contributed by atoms with Crippen LogP contribution in [-0.2, 0) is 17.8 Å². The van der Waals surface area contributed by atoms with Crippen molar-refractivity contribution >= 4 is 17.5 Å². The molecule has 2 N–H and O–H groups in total. The summed E-state index contributed by atoms with van der Waals surface area (Å²) in [6.07, 6.45) is 1.68. The molecule has 1 fully saturated rings. The monoisotopic (exact) mass is 350 g/mol. The lowest BCUT2D eigenvalue weighted by molar-refractivity contribution is 0.0764. The molecule has 1 aliphatic heterocycles. The number of hydrogen-bond acceptors (Lipinski definition) is 3. The maximum absolute atomic E-state index is 12.7. The molecule has 132 valence electrons. The standard InChI is InChI=1S/C18H26N2O3S/c1-17(2,3)24(23)19-15-14-7-5-4-6-13(14)12-18(15)8-10-20(11-9-18)16(21)22/h4-7,15,19H,8-12H2,1-3H3,(H,21,22)/t15-,24?/m0/s1. The van der Waals surface area contributed by atoms with Crippen molar-refractivity contribution < 1.29 is 14.5 Å². The summed E-state index contributed by atoms with van der Waals surface area (Å²) >= 11 is -1.16. The Bertz CT molecular complexity index is 621. The molecule has 1 unspecified atom stereocenters. The second-order valence-corrected chi connectivity index (χ2v) is 9.94. The van der Waals surface area contributed by atoms with Gasteiger partial charge in [0.05, 0.1) is 6.04 Å². The van der Waals surface area contributed by atoms with Crippen LogP contribution >= 0.6 is 0 Å². The van der Waals surface area contributed by atoms with Crippen molar-refractivity contribution in [3.8, 4) is 0 Å². The van der Waals surface area contributed by atoms with Crippen molar-refractivity contribution in [2.24, 2.45) is 5.41 Å². The van der Waals surface area contributed by atoms with Crippen LogP contribution in [0.1, 0.15) is 50.8 Å². The van der Waals surface area contributed by atoms with Gasteiger partial charge in [0.1, 0.15) is 4.75 Å². The van der Waals surface area contributed by atoms with E-state index in [2.05, 4.69) is 16.9 Å². The Morgan fingerprint density at radius 3 is 2.54 bits per heavy atom.